The molecule has 1 rings (SSSR count). The van der Waals surface area contributed by atoms with Gasteiger partial charge in [-0.1, -0.05) is 57.0 Å². The largest absolute Gasteiger partial charge is 0.466 e. The molecule has 0 saturated heterocycles. The van der Waals surface area contributed by atoms with Crippen LogP contribution in [0.2, 0.25) is 0 Å². The highest BCUT2D eigenvalue weighted by Gasteiger charge is 1.92. The lowest BCUT2D eigenvalue weighted by Crippen LogP contribution is -1.98. The van der Waals surface area contributed by atoms with E-state index in [1.165, 1.54) is 37.8 Å². The van der Waals surface area contributed by atoms with Crippen molar-refractivity contribution in [1.82, 2.24) is 0 Å². The zero-order chi connectivity index (χ0) is 16.6. The third-order valence-electron chi connectivity index (χ3n) is 2.93. The maximum atomic E-state index is 10.1. The highest BCUT2D eigenvalue weighted by Crippen LogP contribution is 2.09. The smallest absolute Gasteiger partial charge is 0.302 e. The maximum Gasteiger partial charge on any atom is 0.302 e. The van der Waals surface area contributed by atoms with Crippen molar-refractivity contribution in [2.24, 2.45) is 0 Å². The third-order valence-corrected chi connectivity index (χ3v) is 2.93. The molecule has 0 aromatic heterocycles. The van der Waals surface area contributed by atoms with Gasteiger partial charge in [0.2, 0.25) is 0 Å². The molecule has 0 atom stereocenters. The fourth-order valence-corrected chi connectivity index (χ4v) is 1.77. The summed E-state index contributed by atoms with van der Waals surface area (Å²) in [6, 6.07) is 8.39. The molecule has 0 aliphatic heterocycles. The molecule has 0 radical (unpaired) electrons. The maximum absolute atomic E-state index is 10.1. The number of aryl methyl sites for hydroxylation is 1. The number of rotatable bonds is 8. The van der Waals surface area contributed by atoms with Crippen LogP contribution in [0.1, 0.15) is 57.6 Å². The Labute approximate surface area is 134 Å². The van der Waals surface area contributed by atoms with Crippen LogP contribution in [0.25, 0.3) is 6.08 Å². The summed E-state index contributed by atoms with van der Waals surface area (Å²) in [6.45, 7) is 6.14. The molecule has 22 heavy (non-hydrogen) atoms. The number of hydrogen-bond acceptors (Lipinski definition) is 3. The number of aldehydes is 1. The second-order valence-electron chi connectivity index (χ2n) is 5.03. The predicted octanol–water partition coefficient (Wildman–Crippen LogP) is 4.59. The second-order valence-corrected chi connectivity index (χ2v) is 5.03. The van der Waals surface area contributed by atoms with E-state index in [4.69, 9.17) is 0 Å². The van der Waals surface area contributed by atoms with E-state index in [0.717, 1.165) is 24.7 Å². The van der Waals surface area contributed by atoms with Gasteiger partial charge in [0, 0.05) is 6.92 Å². The predicted molar refractivity (Wildman–Crippen MR) is 91.7 cm³/mol. The first-order valence-electron chi connectivity index (χ1n) is 7.98. The average molecular weight is 304 g/mol. The highest BCUT2D eigenvalue weighted by atomic mass is 16.5. The summed E-state index contributed by atoms with van der Waals surface area (Å²) in [6.07, 6.45) is 10.0. The van der Waals surface area contributed by atoms with Gasteiger partial charge in [-0.2, -0.15) is 0 Å². The van der Waals surface area contributed by atoms with Gasteiger partial charge in [-0.05, 0) is 36.5 Å². The van der Waals surface area contributed by atoms with Gasteiger partial charge in [-0.25, -0.2) is 0 Å². The fraction of sp³-hybridized carbons (Fsp3) is 0.474. The van der Waals surface area contributed by atoms with Crippen molar-refractivity contribution in [1.29, 1.82) is 0 Å². The third kappa shape index (κ3) is 11.9. The monoisotopic (exact) mass is 304 g/mol. The average Bonchev–Trinajstić information content (AvgIpc) is 2.53. The molecule has 0 bridgehead atoms. The first kappa shape index (κ1) is 20.1. The standard InChI is InChI=1S/C14H18O.C5H10O2/c1-2-3-4-6-13-8-10-14(11-9-13)7-5-12-15;1-3-4-7-5(2)6/h5,7-12H,2-4,6H2,1H3;3-4H2,1-2H3. The molecule has 0 amide bonds. The normalized spacial score (nSPS) is 9.95. The van der Waals surface area contributed by atoms with Crippen molar-refractivity contribution in [3.63, 3.8) is 0 Å². The Kier molecular flexibility index (Phi) is 12.8. The minimum Gasteiger partial charge on any atom is -0.466 e. The SMILES string of the molecule is CCCCCc1ccc(C=CC=O)cc1.CCCOC(C)=O. The first-order valence-corrected chi connectivity index (χ1v) is 7.98. The van der Waals surface area contributed by atoms with Crippen LogP contribution >= 0.6 is 0 Å². The first-order chi connectivity index (χ1) is 10.6. The molecule has 0 aliphatic rings. The van der Waals surface area contributed by atoms with Crippen molar-refractivity contribution in [2.75, 3.05) is 6.61 Å². The van der Waals surface area contributed by atoms with Crippen LogP contribution in [-0.4, -0.2) is 18.9 Å². The summed E-state index contributed by atoms with van der Waals surface area (Å²) in [5.41, 5.74) is 2.47. The number of esters is 1. The Morgan fingerprint density at radius 2 is 1.77 bits per heavy atom. The van der Waals surface area contributed by atoms with Crippen molar-refractivity contribution < 1.29 is 14.3 Å². The van der Waals surface area contributed by atoms with E-state index in [9.17, 15) is 9.59 Å². The quantitative estimate of drug-likeness (QED) is 0.305. The minimum absolute atomic E-state index is 0.193. The van der Waals surface area contributed by atoms with Gasteiger partial charge in [-0.3, -0.25) is 9.59 Å². The number of unbranched alkanes of at least 4 members (excludes halogenated alkanes) is 2. The number of ether oxygens (including phenoxy) is 1. The van der Waals surface area contributed by atoms with Crippen LogP contribution in [-0.2, 0) is 20.7 Å². The summed E-state index contributed by atoms with van der Waals surface area (Å²) < 4.78 is 4.55. The molecule has 3 heteroatoms. The van der Waals surface area contributed by atoms with Crippen LogP contribution in [0.3, 0.4) is 0 Å². The number of allylic oxidation sites excluding steroid dienone is 1. The number of hydrogen-bond donors (Lipinski definition) is 0. The van der Waals surface area contributed by atoms with Crippen molar-refractivity contribution in [3.05, 3.63) is 41.5 Å². The summed E-state index contributed by atoms with van der Waals surface area (Å²) in [7, 11) is 0. The fourth-order valence-electron chi connectivity index (χ4n) is 1.77. The van der Waals surface area contributed by atoms with E-state index in [1.54, 1.807) is 0 Å². The van der Waals surface area contributed by atoms with Crippen molar-refractivity contribution in [3.8, 4) is 0 Å². The van der Waals surface area contributed by atoms with Crippen molar-refractivity contribution >= 4 is 18.3 Å². The Hall–Kier alpha value is -1.90. The van der Waals surface area contributed by atoms with E-state index >= 15 is 0 Å². The molecule has 0 aliphatic carbocycles. The molecule has 0 N–H and O–H groups in total. The van der Waals surface area contributed by atoms with Gasteiger partial charge in [-0.15, -0.1) is 0 Å². The van der Waals surface area contributed by atoms with Gasteiger partial charge in [0.25, 0.3) is 0 Å². The van der Waals surface area contributed by atoms with Gasteiger partial charge in [0.05, 0.1) is 6.61 Å². The van der Waals surface area contributed by atoms with Crippen LogP contribution in [0.15, 0.2) is 30.3 Å². The summed E-state index contributed by atoms with van der Waals surface area (Å²) >= 11 is 0. The molecule has 1 aromatic carbocycles. The van der Waals surface area contributed by atoms with E-state index < -0.39 is 0 Å². The summed E-state index contributed by atoms with van der Waals surface area (Å²) in [5.74, 6) is -0.193. The highest BCUT2D eigenvalue weighted by molar-refractivity contribution is 5.73. The van der Waals surface area contributed by atoms with Gasteiger partial charge < -0.3 is 4.74 Å². The van der Waals surface area contributed by atoms with Crippen LogP contribution in [0.4, 0.5) is 0 Å². The van der Waals surface area contributed by atoms with Crippen molar-refractivity contribution in [2.45, 2.75) is 52.9 Å². The molecule has 1 aromatic rings. The Morgan fingerprint density at radius 1 is 1.09 bits per heavy atom. The van der Waals surface area contributed by atoms with Crippen LogP contribution in [0.5, 0.6) is 0 Å². The zero-order valence-electron chi connectivity index (χ0n) is 14.0. The summed E-state index contributed by atoms with van der Waals surface area (Å²) in [5, 5.41) is 0. The molecular formula is C19H28O3. The van der Waals surface area contributed by atoms with E-state index in [0.29, 0.717) is 6.61 Å². The molecular weight excluding hydrogens is 276 g/mol. The van der Waals surface area contributed by atoms with E-state index in [2.05, 4.69) is 35.9 Å². The lowest BCUT2D eigenvalue weighted by Gasteiger charge is -2.00. The molecule has 0 unspecified atom stereocenters. The van der Waals surface area contributed by atoms with Crippen LogP contribution in [0, 0.1) is 0 Å². The van der Waals surface area contributed by atoms with Gasteiger partial charge >= 0.3 is 5.97 Å². The lowest BCUT2D eigenvalue weighted by atomic mass is 10.1. The zero-order valence-corrected chi connectivity index (χ0v) is 14.0. The number of benzene rings is 1. The van der Waals surface area contributed by atoms with Crippen LogP contribution < -0.4 is 0 Å². The van der Waals surface area contributed by atoms with Gasteiger partial charge in [0.15, 0.2) is 0 Å². The Morgan fingerprint density at radius 3 is 2.23 bits per heavy atom. The van der Waals surface area contributed by atoms with E-state index in [-0.39, 0.29) is 5.97 Å². The molecule has 0 saturated carbocycles. The molecule has 0 spiro atoms. The molecule has 3 nitrogen and oxygen atoms in total. The Bertz CT molecular complexity index is 432. The lowest BCUT2D eigenvalue weighted by molar-refractivity contribution is -0.140. The number of carbonyl (C=O) groups excluding carboxylic acids is 2. The minimum atomic E-state index is -0.193. The van der Waals surface area contributed by atoms with E-state index in [1.807, 2.05) is 13.0 Å². The molecule has 0 heterocycles. The molecule has 0 fully saturated rings. The topological polar surface area (TPSA) is 43.4 Å². The summed E-state index contributed by atoms with van der Waals surface area (Å²) in [4.78, 5) is 20.1. The number of carbonyl (C=O) groups is 2. The molecule has 122 valence electrons. The second kappa shape index (κ2) is 14.1. The Balaban J connectivity index is 0.000000534. The van der Waals surface area contributed by atoms with Gasteiger partial charge in [0.1, 0.15) is 6.29 Å².